The van der Waals surface area contributed by atoms with Gasteiger partial charge in [0, 0.05) is 17.5 Å². The largest absolute Gasteiger partial charge is 0.383 e. The maximum atomic E-state index is 5.95. The normalized spacial score (nSPS) is 21.7. The Hall–Kier alpha value is -0.740. The predicted molar refractivity (Wildman–Crippen MR) is 79.9 cm³/mol. The molecule has 2 unspecified atom stereocenters. The molecular formula is C14H23N3S. The van der Waals surface area contributed by atoms with Crippen molar-refractivity contribution >= 4 is 17.6 Å². The van der Waals surface area contributed by atoms with E-state index in [-0.39, 0.29) is 0 Å². The van der Waals surface area contributed by atoms with Gasteiger partial charge in [-0.3, -0.25) is 0 Å². The molecule has 1 aromatic rings. The summed E-state index contributed by atoms with van der Waals surface area (Å²) in [5.74, 6) is 1.98. The summed E-state index contributed by atoms with van der Waals surface area (Å²) in [6.45, 7) is 3.19. The lowest BCUT2D eigenvalue weighted by atomic mass is 10.00. The van der Waals surface area contributed by atoms with Gasteiger partial charge < -0.3 is 11.1 Å². The Labute approximate surface area is 114 Å². The van der Waals surface area contributed by atoms with E-state index >= 15 is 0 Å². The summed E-state index contributed by atoms with van der Waals surface area (Å²) in [7, 11) is 0. The second kappa shape index (κ2) is 7.00. The smallest absolute Gasteiger partial charge is 0.126 e. The van der Waals surface area contributed by atoms with Crippen LogP contribution >= 0.6 is 11.8 Å². The van der Waals surface area contributed by atoms with E-state index in [1.54, 1.807) is 6.20 Å². The number of nitrogens with zero attached hydrogens (tertiary/aromatic N) is 1. The third-order valence-electron chi connectivity index (χ3n) is 3.50. The Kier molecular flexibility index (Phi) is 5.32. The highest BCUT2D eigenvalue weighted by Crippen LogP contribution is 2.29. The SMILES string of the molecule is CCNC(Cc1cccnc1N)C1CCCCS1. The minimum atomic E-state index is 0.520. The maximum Gasteiger partial charge on any atom is 0.126 e. The van der Waals surface area contributed by atoms with Crippen LogP contribution < -0.4 is 11.1 Å². The van der Waals surface area contributed by atoms with Gasteiger partial charge in [-0.05, 0) is 43.2 Å². The van der Waals surface area contributed by atoms with Gasteiger partial charge in [-0.2, -0.15) is 11.8 Å². The molecule has 100 valence electrons. The third-order valence-corrected chi connectivity index (χ3v) is 5.01. The molecule has 0 bridgehead atoms. The Morgan fingerprint density at radius 2 is 2.44 bits per heavy atom. The number of anilines is 1. The van der Waals surface area contributed by atoms with Crippen molar-refractivity contribution in [2.75, 3.05) is 18.0 Å². The van der Waals surface area contributed by atoms with Gasteiger partial charge in [0.15, 0.2) is 0 Å². The molecule has 1 fully saturated rings. The molecule has 0 spiro atoms. The number of likely N-dealkylation sites (N-methyl/N-ethyl adjacent to an activating group) is 1. The highest BCUT2D eigenvalue weighted by atomic mass is 32.2. The van der Waals surface area contributed by atoms with E-state index in [0.29, 0.717) is 11.9 Å². The van der Waals surface area contributed by atoms with Crippen molar-refractivity contribution in [1.82, 2.24) is 10.3 Å². The second-order valence-electron chi connectivity index (χ2n) is 4.82. The Bertz CT molecular complexity index is 364. The minimum absolute atomic E-state index is 0.520. The van der Waals surface area contributed by atoms with E-state index in [1.807, 2.05) is 6.07 Å². The van der Waals surface area contributed by atoms with Crippen LogP contribution in [0.25, 0.3) is 0 Å². The van der Waals surface area contributed by atoms with Crippen LogP contribution in [0.5, 0.6) is 0 Å². The molecule has 2 rings (SSSR count). The number of hydrogen-bond donors (Lipinski definition) is 2. The van der Waals surface area contributed by atoms with E-state index in [1.165, 1.54) is 30.6 Å². The van der Waals surface area contributed by atoms with Crippen molar-refractivity contribution in [2.24, 2.45) is 0 Å². The molecule has 0 radical (unpaired) electrons. The number of rotatable bonds is 5. The molecule has 1 aliphatic rings. The molecule has 0 saturated carbocycles. The molecule has 2 heterocycles. The van der Waals surface area contributed by atoms with Crippen LogP contribution in [0.3, 0.4) is 0 Å². The first kappa shape index (κ1) is 13.7. The van der Waals surface area contributed by atoms with Gasteiger partial charge in [0.25, 0.3) is 0 Å². The average Bonchev–Trinajstić information content (AvgIpc) is 2.42. The first-order valence-electron chi connectivity index (χ1n) is 6.85. The van der Waals surface area contributed by atoms with E-state index in [0.717, 1.165) is 18.2 Å². The molecule has 4 heteroatoms. The lowest BCUT2D eigenvalue weighted by Gasteiger charge is -2.30. The zero-order valence-electron chi connectivity index (χ0n) is 11.1. The summed E-state index contributed by atoms with van der Waals surface area (Å²) in [5.41, 5.74) is 7.12. The summed E-state index contributed by atoms with van der Waals surface area (Å²) >= 11 is 2.11. The number of nitrogens with one attached hydrogen (secondary N) is 1. The van der Waals surface area contributed by atoms with Crippen LogP contribution in [0.15, 0.2) is 18.3 Å². The summed E-state index contributed by atoms with van der Waals surface area (Å²) in [6.07, 6.45) is 6.81. The molecule has 1 saturated heterocycles. The van der Waals surface area contributed by atoms with Gasteiger partial charge in [0.05, 0.1) is 0 Å². The molecule has 0 aliphatic carbocycles. The van der Waals surface area contributed by atoms with Crippen molar-refractivity contribution in [3.63, 3.8) is 0 Å². The number of hydrogen-bond acceptors (Lipinski definition) is 4. The molecule has 0 amide bonds. The molecule has 2 atom stereocenters. The van der Waals surface area contributed by atoms with E-state index < -0.39 is 0 Å². The van der Waals surface area contributed by atoms with Gasteiger partial charge >= 0.3 is 0 Å². The number of thioether (sulfide) groups is 1. The van der Waals surface area contributed by atoms with Crippen LogP contribution in [-0.2, 0) is 6.42 Å². The van der Waals surface area contributed by atoms with E-state index in [9.17, 15) is 0 Å². The Morgan fingerprint density at radius 1 is 1.56 bits per heavy atom. The van der Waals surface area contributed by atoms with Gasteiger partial charge in [-0.1, -0.05) is 19.4 Å². The quantitative estimate of drug-likeness (QED) is 0.859. The van der Waals surface area contributed by atoms with E-state index in [2.05, 4.69) is 35.1 Å². The topological polar surface area (TPSA) is 50.9 Å². The molecule has 1 aromatic heterocycles. The standard InChI is InChI=1S/C14H23N3S/c1-2-16-12(13-7-3-4-9-18-13)10-11-6-5-8-17-14(11)15/h5-6,8,12-13,16H,2-4,7,9-10H2,1H3,(H2,15,17). The van der Waals surface area contributed by atoms with Gasteiger partial charge in [0.1, 0.15) is 5.82 Å². The van der Waals surface area contributed by atoms with Crippen molar-refractivity contribution in [3.05, 3.63) is 23.9 Å². The molecular weight excluding hydrogens is 242 g/mol. The maximum absolute atomic E-state index is 5.95. The second-order valence-corrected chi connectivity index (χ2v) is 6.17. The predicted octanol–water partition coefficient (Wildman–Crippen LogP) is 2.47. The lowest BCUT2D eigenvalue weighted by molar-refractivity contribution is 0.472. The number of nitrogens with two attached hydrogens (primary N) is 1. The number of aromatic nitrogens is 1. The first-order chi connectivity index (χ1) is 8.81. The van der Waals surface area contributed by atoms with Crippen molar-refractivity contribution in [2.45, 2.75) is 43.9 Å². The zero-order chi connectivity index (χ0) is 12.8. The van der Waals surface area contributed by atoms with Crippen molar-refractivity contribution in [1.29, 1.82) is 0 Å². The summed E-state index contributed by atoms with van der Waals surface area (Å²) < 4.78 is 0. The molecule has 3 nitrogen and oxygen atoms in total. The molecule has 18 heavy (non-hydrogen) atoms. The van der Waals surface area contributed by atoms with Crippen molar-refractivity contribution in [3.8, 4) is 0 Å². The monoisotopic (exact) mass is 265 g/mol. The molecule has 1 aliphatic heterocycles. The van der Waals surface area contributed by atoms with Crippen LogP contribution in [0.2, 0.25) is 0 Å². The molecule has 3 N–H and O–H groups in total. The fourth-order valence-electron chi connectivity index (χ4n) is 2.54. The number of nitrogen functional groups attached to an aromatic ring is 1. The summed E-state index contributed by atoms with van der Waals surface area (Å²) in [5, 5.41) is 4.34. The lowest BCUT2D eigenvalue weighted by Crippen LogP contribution is -2.41. The Balaban J connectivity index is 2.03. The number of pyridine rings is 1. The fourth-order valence-corrected chi connectivity index (χ4v) is 3.97. The van der Waals surface area contributed by atoms with Crippen LogP contribution in [-0.4, -0.2) is 28.6 Å². The fraction of sp³-hybridized carbons (Fsp3) is 0.643. The van der Waals surface area contributed by atoms with Crippen LogP contribution in [0.1, 0.15) is 31.7 Å². The van der Waals surface area contributed by atoms with Gasteiger partial charge in [0.2, 0.25) is 0 Å². The third kappa shape index (κ3) is 3.62. The van der Waals surface area contributed by atoms with Gasteiger partial charge in [-0.25, -0.2) is 4.98 Å². The van der Waals surface area contributed by atoms with Gasteiger partial charge in [-0.15, -0.1) is 0 Å². The van der Waals surface area contributed by atoms with Crippen LogP contribution in [0.4, 0.5) is 5.82 Å². The average molecular weight is 265 g/mol. The van der Waals surface area contributed by atoms with Crippen LogP contribution in [0, 0.1) is 0 Å². The Morgan fingerprint density at radius 3 is 3.11 bits per heavy atom. The highest BCUT2D eigenvalue weighted by Gasteiger charge is 2.24. The van der Waals surface area contributed by atoms with E-state index in [4.69, 9.17) is 5.73 Å². The van der Waals surface area contributed by atoms with Crippen molar-refractivity contribution < 1.29 is 0 Å². The minimum Gasteiger partial charge on any atom is -0.383 e. The summed E-state index contributed by atoms with van der Waals surface area (Å²) in [6, 6.07) is 4.59. The first-order valence-corrected chi connectivity index (χ1v) is 7.90. The zero-order valence-corrected chi connectivity index (χ0v) is 11.9. The highest BCUT2D eigenvalue weighted by molar-refractivity contribution is 8.00. The summed E-state index contributed by atoms with van der Waals surface area (Å²) in [4.78, 5) is 4.18. The molecule has 0 aromatic carbocycles.